The number of hydrogen-bond donors (Lipinski definition) is 1. The fourth-order valence-electron chi connectivity index (χ4n) is 2.58. The lowest BCUT2D eigenvalue weighted by Crippen LogP contribution is -2.44. The van der Waals surface area contributed by atoms with Crippen molar-refractivity contribution in [2.45, 2.75) is 18.9 Å². The van der Waals surface area contributed by atoms with Gasteiger partial charge < -0.3 is 9.84 Å². The molecule has 7 heteroatoms. The highest BCUT2D eigenvalue weighted by atomic mass is 35.5. The Morgan fingerprint density at radius 2 is 2.18 bits per heavy atom. The van der Waals surface area contributed by atoms with E-state index in [9.17, 15) is 0 Å². The molecule has 22 heavy (non-hydrogen) atoms. The summed E-state index contributed by atoms with van der Waals surface area (Å²) in [6.45, 7) is 4.80. The third kappa shape index (κ3) is 3.13. The summed E-state index contributed by atoms with van der Waals surface area (Å²) in [5, 5.41) is 8.57. The minimum atomic E-state index is -0.0297. The molecule has 118 valence electrons. The minimum Gasteiger partial charge on any atom is -0.339 e. The average molecular weight is 341 g/mol. The van der Waals surface area contributed by atoms with Gasteiger partial charge in [0.05, 0.1) is 22.0 Å². The van der Waals surface area contributed by atoms with Gasteiger partial charge in [0.25, 0.3) is 0 Å². The predicted molar refractivity (Wildman–Crippen MR) is 86.5 cm³/mol. The van der Waals surface area contributed by atoms with Gasteiger partial charge in [0.1, 0.15) is 0 Å². The van der Waals surface area contributed by atoms with E-state index in [1.165, 1.54) is 0 Å². The minimum absolute atomic E-state index is 0.0297. The number of piperazine rings is 1. The van der Waals surface area contributed by atoms with Crippen LogP contribution in [0.5, 0.6) is 0 Å². The molecule has 1 fully saturated rings. The van der Waals surface area contributed by atoms with Gasteiger partial charge in [-0.3, -0.25) is 4.90 Å². The van der Waals surface area contributed by atoms with Crippen LogP contribution in [-0.4, -0.2) is 41.7 Å². The molecule has 5 nitrogen and oxygen atoms in total. The Hall–Kier alpha value is -1.14. The van der Waals surface area contributed by atoms with Crippen LogP contribution in [0.4, 0.5) is 0 Å². The standard InChI is InChI=1S/C15H18Cl2N4O/c1-9(10-3-4-11(16)12(17)7-10)15-19-14(20-22-15)13-8-18-5-6-21(13)2/h3-4,7,9,13,18H,5-6,8H2,1-2H3. The van der Waals surface area contributed by atoms with Gasteiger partial charge in [0.15, 0.2) is 5.82 Å². The zero-order chi connectivity index (χ0) is 15.7. The van der Waals surface area contributed by atoms with Gasteiger partial charge in [0, 0.05) is 19.6 Å². The number of halogens is 2. The largest absolute Gasteiger partial charge is 0.339 e. The summed E-state index contributed by atoms with van der Waals surface area (Å²) in [4.78, 5) is 6.81. The highest BCUT2D eigenvalue weighted by Crippen LogP contribution is 2.30. The molecule has 0 bridgehead atoms. The molecular formula is C15H18Cl2N4O. The highest BCUT2D eigenvalue weighted by molar-refractivity contribution is 6.42. The molecule has 1 aliphatic heterocycles. The van der Waals surface area contributed by atoms with Crippen LogP contribution in [-0.2, 0) is 0 Å². The number of nitrogens with one attached hydrogen (secondary N) is 1. The lowest BCUT2D eigenvalue weighted by atomic mass is 10.0. The van der Waals surface area contributed by atoms with E-state index in [4.69, 9.17) is 27.7 Å². The molecule has 0 amide bonds. The molecule has 1 aromatic carbocycles. The molecule has 0 spiro atoms. The lowest BCUT2D eigenvalue weighted by molar-refractivity contribution is 0.190. The summed E-state index contributed by atoms with van der Waals surface area (Å²) < 4.78 is 5.46. The zero-order valence-electron chi connectivity index (χ0n) is 12.5. The van der Waals surface area contributed by atoms with Crippen molar-refractivity contribution in [3.8, 4) is 0 Å². The van der Waals surface area contributed by atoms with E-state index in [0.29, 0.717) is 15.9 Å². The Balaban J connectivity index is 1.81. The molecule has 3 rings (SSSR count). The summed E-state index contributed by atoms with van der Waals surface area (Å²) in [5.74, 6) is 1.28. The van der Waals surface area contributed by atoms with Gasteiger partial charge in [-0.05, 0) is 31.7 Å². The molecule has 0 saturated carbocycles. The van der Waals surface area contributed by atoms with Crippen LogP contribution >= 0.6 is 23.2 Å². The molecule has 2 heterocycles. The topological polar surface area (TPSA) is 54.2 Å². The molecule has 2 unspecified atom stereocenters. The number of likely N-dealkylation sites (N-methyl/N-ethyl adjacent to an activating group) is 1. The fourth-order valence-corrected chi connectivity index (χ4v) is 2.88. The Morgan fingerprint density at radius 3 is 2.91 bits per heavy atom. The smallest absolute Gasteiger partial charge is 0.233 e. The Labute approximate surface area is 139 Å². The second-order valence-electron chi connectivity index (χ2n) is 5.59. The van der Waals surface area contributed by atoms with Crippen LogP contribution in [0.2, 0.25) is 10.0 Å². The quantitative estimate of drug-likeness (QED) is 0.930. The van der Waals surface area contributed by atoms with Crippen molar-refractivity contribution in [1.29, 1.82) is 0 Å². The number of hydrogen-bond acceptors (Lipinski definition) is 5. The van der Waals surface area contributed by atoms with Gasteiger partial charge in [-0.2, -0.15) is 4.98 Å². The van der Waals surface area contributed by atoms with Crippen LogP contribution in [0.25, 0.3) is 0 Å². The van der Waals surface area contributed by atoms with Crippen molar-refractivity contribution in [3.05, 3.63) is 45.5 Å². The summed E-state index contributed by atoms with van der Waals surface area (Å²) in [6, 6.07) is 5.70. The molecule has 2 atom stereocenters. The van der Waals surface area contributed by atoms with Crippen LogP contribution in [0.15, 0.2) is 22.7 Å². The Morgan fingerprint density at radius 1 is 1.36 bits per heavy atom. The maximum absolute atomic E-state index is 6.08. The normalized spacial score (nSPS) is 21.0. The first kappa shape index (κ1) is 15.7. The fraction of sp³-hybridized carbons (Fsp3) is 0.467. The number of aromatic nitrogens is 2. The summed E-state index contributed by atoms with van der Waals surface area (Å²) in [6.07, 6.45) is 0. The number of nitrogens with zero attached hydrogens (tertiary/aromatic N) is 3. The first-order valence-electron chi connectivity index (χ1n) is 7.25. The third-order valence-corrected chi connectivity index (χ3v) is 4.82. The van der Waals surface area contributed by atoms with E-state index in [1.807, 2.05) is 19.1 Å². The van der Waals surface area contributed by atoms with Crippen molar-refractivity contribution in [2.24, 2.45) is 0 Å². The lowest BCUT2D eigenvalue weighted by Gasteiger charge is -2.30. The summed E-state index contributed by atoms with van der Waals surface area (Å²) >= 11 is 12.0. The molecular weight excluding hydrogens is 323 g/mol. The van der Waals surface area contributed by atoms with Crippen molar-refractivity contribution < 1.29 is 4.52 Å². The number of rotatable bonds is 3. The monoisotopic (exact) mass is 340 g/mol. The van der Waals surface area contributed by atoms with E-state index in [-0.39, 0.29) is 12.0 Å². The maximum atomic E-state index is 6.08. The van der Waals surface area contributed by atoms with Crippen molar-refractivity contribution in [2.75, 3.05) is 26.7 Å². The van der Waals surface area contributed by atoms with Crippen LogP contribution in [0.3, 0.4) is 0 Å². The molecule has 1 N–H and O–H groups in total. The molecule has 1 aliphatic rings. The first-order chi connectivity index (χ1) is 10.6. The molecule has 1 aromatic heterocycles. The van der Waals surface area contributed by atoms with Gasteiger partial charge in [0.2, 0.25) is 5.89 Å². The van der Waals surface area contributed by atoms with Crippen molar-refractivity contribution in [3.63, 3.8) is 0 Å². The first-order valence-corrected chi connectivity index (χ1v) is 8.01. The van der Waals surface area contributed by atoms with Gasteiger partial charge >= 0.3 is 0 Å². The molecule has 0 radical (unpaired) electrons. The maximum Gasteiger partial charge on any atom is 0.233 e. The molecule has 2 aromatic rings. The Bertz CT molecular complexity index is 661. The van der Waals surface area contributed by atoms with Crippen LogP contribution in [0, 0.1) is 0 Å². The molecule has 1 saturated heterocycles. The number of benzene rings is 1. The SMILES string of the molecule is CC(c1ccc(Cl)c(Cl)c1)c1nc(C2CNCCN2C)no1. The van der Waals surface area contributed by atoms with E-state index < -0.39 is 0 Å². The third-order valence-electron chi connectivity index (χ3n) is 4.08. The van der Waals surface area contributed by atoms with E-state index in [1.54, 1.807) is 6.07 Å². The van der Waals surface area contributed by atoms with Crippen LogP contribution in [0.1, 0.15) is 36.2 Å². The van der Waals surface area contributed by atoms with E-state index >= 15 is 0 Å². The van der Waals surface area contributed by atoms with Gasteiger partial charge in [-0.25, -0.2) is 0 Å². The van der Waals surface area contributed by atoms with E-state index in [0.717, 1.165) is 31.0 Å². The summed E-state index contributed by atoms with van der Waals surface area (Å²) in [7, 11) is 2.07. The average Bonchev–Trinajstić information content (AvgIpc) is 2.99. The highest BCUT2D eigenvalue weighted by Gasteiger charge is 2.26. The zero-order valence-corrected chi connectivity index (χ0v) is 14.0. The van der Waals surface area contributed by atoms with Crippen molar-refractivity contribution in [1.82, 2.24) is 20.4 Å². The predicted octanol–water partition coefficient (Wildman–Crippen LogP) is 3.10. The van der Waals surface area contributed by atoms with Crippen LogP contribution < -0.4 is 5.32 Å². The summed E-state index contributed by atoms with van der Waals surface area (Å²) in [5.41, 5.74) is 1.000. The second-order valence-corrected chi connectivity index (χ2v) is 6.40. The van der Waals surface area contributed by atoms with Gasteiger partial charge in [-0.1, -0.05) is 34.4 Å². The van der Waals surface area contributed by atoms with Crippen molar-refractivity contribution >= 4 is 23.2 Å². The Kier molecular flexibility index (Phi) is 4.68. The molecule has 0 aliphatic carbocycles. The van der Waals surface area contributed by atoms with E-state index in [2.05, 4.69) is 27.4 Å². The second kappa shape index (κ2) is 6.54. The van der Waals surface area contributed by atoms with Gasteiger partial charge in [-0.15, -0.1) is 0 Å².